The number of amides is 1. The third-order valence-electron chi connectivity index (χ3n) is 5.46. The van der Waals surface area contributed by atoms with E-state index in [1.165, 1.54) is 0 Å². The molecule has 0 aliphatic carbocycles. The Labute approximate surface area is 175 Å². The Morgan fingerprint density at radius 2 is 1.70 bits per heavy atom. The standard InChI is InChI=1S/C23H25N3O4/c1-28-17-8-6-16(7-9-17)26-14-12-20(24-26)23(27)25-13-4-5-21(25)19-11-10-18(29-2)15-22(19)30-3/h6-12,14-15,21H,4-5,13H2,1-3H3. The number of hydrogen-bond donors (Lipinski definition) is 0. The van der Waals surface area contributed by atoms with Gasteiger partial charge < -0.3 is 19.1 Å². The average Bonchev–Trinajstić information content (AvgIpc) is 3.48. The summed E-state index contributed by atoms with van der Waals surface area (Å²) in [4.78, 5) is 15.1. The molecule has 156 valence electrons. The number of hydrogen-bond acceptors (Lipinski definition) is 5. The van der Waals surface area contributed by atoms with Crippen molar-refractivity contribution in [1.29, 1.82) is 0 Å². The molecule has 0 N–H and O–H groups in total. The Bertz CT molecular complexity index is 1030. The van der Waals surface area contributed by atoms with Gasteiger partial charge in [-0.1, -0.05) is 0 Å². The molecule has 30 heavy (non-hydrogen) atoms. The topological polar surface area (TPSA) is 65.8 Å². The lowest BCUT2D eigenvalue weighted by Crippen LogP contribution is -2.31. The molecule has 1 fully saturated rings. The van der Waals surface area contributed by atoms with Crippen LogP contribution in [0.5, 0.6) is 17.2 Å². The van der Waals surface area contributed by atoms with E-state index in [-0.39, 0.29) is 11.9 Å². The molecular weight excluding hydrogens is 382 g/mol. The van der Waals surface area contributed by atoms with Crippen LogP contribution < -0.4 is 14.2 Å². The monoisotopic (exact) mass is 407 g/mol. The van der Waals surface area contributed by atoms with Gasteiger partial charge in [0.25, 0.3) is 5.91 Å². The molecule has 7 heteroatoms. The normalized spacial score (nSPS) is 15.8. The van der Waals surface area contributed by atoms with Crippen molar-refractivity contribution in [2.45, 2.75) is 18.9 Å². The fourth-order valence-corrected chi connectivity index (χ4v) is 3.89. The van der Waals surface area contributed by atoms with Gasteiger partial charge in [0, 0.05) is 24.4 Å². The van der Waals surface area contributed by atoms with Gasteiger partial charge in [-0.05, 0) is 55.3 Å². The summed E-state index contributed by atoms with van der Waals surface area (Å²) in [6.07, 6.45) is 3.62. The highest BCUT2D eigenvalue weighted by Crippen LogP contribution is 2.39. The van der Waals surface area contributed by atoms with Crippen LogP contribution in [0.3, 0.4) is 0 Å². The van der Waals surface area contributed by atoms with E-state index in [0.717, 1.165) is 41.3 Å². The molecule has 1 amide bonds. The minimum Gasteiger partial charge on any atom is -0.497 e. The van der Waals surface area contributed by atoms with Crippen molar-refractivity contribution in [2.75, 3.05) is 27.9 Å². The van der Waals surface area contributed by atoms with Gasteiger partial charge in [0.1, 0.15) is 17.2 Å². The van der Waals surface area contributed by atoms with Gasteiger partial charge in [0.15, 0.2) is 5.69 Å². The van der Waals surface area contributed by atoms with Crippen LogP contribution in [0.1, 0.15) is 34.9 Å². The number of carbonyl (C=O) groups excluding carboxylic acids is 1. The Morgan fingerprint density at radius 1 is 0.967 bits per heavy atom. The Balaban J connectivity index is 1.58. The van der Waals surface area contributed by atoms with Gasteiger partial charge in [-0.3, -0.25) is 4.79 Å². The number of methoxy groups -OCH3 is 3. The highest BCUT2D eigenvalue weighted by atomic mass is 16.5. The second-order valence-corrected chi connectivity index (χ2v) is 7.11. The van der Waals surface area contributed by atoms with Crippen LogP contribution in [0.2, 0.25) is 0 Å². The van der Waals surface area contributed by atoms with Crippen molar-refractivity contribution in [3.63, 3.8) is 0 Å². The van der Waals surface area contributed by atoms with Crippen molar-refractivity contribution < 1.29 is 19.0 Å². The largest absolute Gasteiger partial charge is 0.497 e. The summed E-state index contributed by atoms with van der Waals surface area (Å²) >= 11 is 0. The summed E-state index contributed by atoms with van der Waals surface area (Å²) in [5.41, 5.74) is 2.27. The highest BCUT2D eigenvalue weighted by Gasteiger charge is 2.33. The van der Waals surface area contributed by atoms with Gasteiger partial charge in [-0.25, -0.2) is 4.68 Å². The summed E-state index contributed by atoms with van der Waals surface area (Å²) in [6.45, 7) is 0.689. The minimum absolute atomic E-state index is 0.0514. The van der Waals surface area contributed by atoms with Gasteiger partial charge in [-0.2, -0.15) is 5.10 Å². The number of carbonyl (C=O) groups is 1. The molecule has 4 rings (SSSR count). The van der Waals surface area contributed by atoms with Gasteiger partial charge in [-0.15, -0.1) is 0 Å². The second kappa shape index (κ2) is 8.49. The van der Waals surface area contributed by atoms with Crippen LogP contribution in [-0.4, -0.2) is 48.5 Å². The van der Waals surface area contributed by atoms with Crippen molar-refractivity contribution >= 4 is 5.91 Å². The lowest BCUT2D eigenvalue weighted by atomic mass is 10.0. The van der Waals surface area contributed by atoms with E-state index in [9.17, 15) is 4.79 Å². The van der Waals surface area contributed by atoms with Crippen LogP contribution in [0.4, 0.5) is 0 Å². The molecule has 1 aliphatic rings. The van der Waals surface area contributed by atoms with E-state index < -0.39 is 0 Å². The van der Waals surface area contributed by atoms with E-state index in [4.69, 9.17) is 14.2 Å². The van der Waals surface area contributed by atoms with Gasteiger partial charge in [0.2, 0.25) is 0 Å². The first kappa shape index (κ1) is 19.8. The molecule has 7 nitrogen and oxygen atoms in total. The lowest BCUT2D eigenvalue weighted by Gasteiger charge is -2.26. The zero-order valence-corrected chi connectivity index (χ0v) is 17.4. The van der Waals surface area contributed by atoms with Crippen LogP contribution in [0.15, 0.2) is 54.7 Å². The molecule has 1 atom stereocenters. The SMILES string of the molecule is COc1ccc(-n2ccc(C(=O)N3CCCC3c3ccc(OC)cc3OC)n2)cc1. The van der Waals surface area contributed by atoms with Gasteiger partial charge >= 0.3 is 0 Å². The fourth-order valence-electron chi connectivity index (χ4n) is 3.89. The lowest BCUT2D eigenvalue weighted by molar-refractivity contribution is 0.0727. The first-order valence-electron chi connectivity index (χ1n) is 9.87. The van der Waals surface area contributed by atoms with Crippen LogP contribution in [0.25, 0.3) is 5.69 Å². The number of likely N-dealkylation sites (tertiary alicyclic amines) is 1. The minimum atomic E-state index is -0.0809. The van der Waals surface area contributed by atoms with E-state index in [1.807, 2.05) is 47.4 Å². The van der Waals surface area contributed by atoms with Crippen molar-refractivity contribution in [3.8, 4) is 22.9 Å². The van der Waals surface area contributed by atoms with E-state index >= 15 is 0 Å². The molecular formula is C23H25N3O4. The third kappa shape index (κ3) is 3.70. The zero-order valence-electron chi connectivity index (χ0n) is 17.4. The molecule has 0 bridgehead atoms. The average molecular weight is 407 g/mol. The molecule has 3 aromatic rings. The maximum atomic E-state index is 13.3. The number of nitrogens with zero attached hydrogens (tertiary/aromatic N) is 3. The Hall–Kier alpha value is -3.48. The smallest absolute Gasteiger partial charge is 0.274 e. The maximum Gasteiger partial charge on any atom is 0.274 e. The predicted octanol–water partition coefficient (Wildman–Crippen LogP) is 3.88. The summed E-state index contributed by atoms with van der Waals surface area (Å²) in [7, 11) is 4.89. The number of ether oxygens (including phenoxy) is 3. The van der Waals surface area contributed by atoms with Crippen molar-refractivity contribution in [3.05, 3.63) is 66.0 Å². The van der Waals surface area contributed by atoms with Crippen LogP contribution >= 0.6 is 0 Å². The van der Waals surface area contributed by atoms with Crippen LogP contribution in [-0.2, 0) is 0 Å². The van der Waals surface area contributed by atoms with Crippen molar-refractivity contribution in [1.82, 2.24) is 14.7 Å². The number of benzene rings is 2. The molecule has 2 aromatic carbocycles. The first-order valence-corrected chi connectivity index (χ1v) is 9.87. The van der Waals surface area contributed by atoms with Crippen molar-refractivity contribution in [2.24, 2.45) is 0 Å². The first-order chi connectivity index (χ1) is 14.6. The summed E-state index contributed by atoms with van der Waals surface area (Å²) < 4.78 is 17.8. The Morgan fingerprint density at radius 3 is 2.40 bits per heavy atom. The highest BCUT2D eigenvalue weighted by molar-refractivity contribution is 5.92. The molecule has 2 heterocycles. The zero-order chi connectivity index (χ0) is 21.1. The van der Waals surface area contributed by atoms with Crippen LogP contribution in [0, 0.1) is 0 Å². The van der Waals surface area contributed by atoms with E-state index in [0.29, 0.717) is 12.2 Å². The molecule has 1 aliphatic heterocycles. The van der Waals surface area contributed by atoms with Gasteiger partial charge in [0.05, 0.1) is 33.1 Å². The molecule has 0 radical (unpaired) electrons. The van der Waals surface area contributed by atoms with E-state index in [2.05, 4.69) is 5.10 Å². The molecule has 1 aromatic heterocycles. The molecule has 0 saturated carbocycles. The molecule has 1 saturated heterocycles. The second-order valence-electron chi connectivity index (χ2n) is 7.11. The summed E-state index contributed by atoms with van der Waals surface area (Å²) in [5, 5.41) is 4.51. The molecule has 0 spiro atoms. The quantitative estimate of drug-likeness (QED) is 0.621. The maximum absolute atomic E-state index is 13.3. The van der Waals surface area contributed by atoms with E-state index in [1.54, 1.807) is 38.3 Å². The predicted molar refractivity (Wildman–Crippen MR) is 113 cm³/mol. The summed E-state index contributed by atoms with van der Waals surface area (Å²) in [6, 6.07) is 15.0. The number of rotatable bonds is 6. The fraction of sp³-hybridized carbons (Fsp3) is 0.304. The third-order valence-corrected chi connectivity index (χ3v) is 5.46. The number of aromatic nitrogens is 2. The summed E-state index contributed by atoms with van der Waals surface area (Å²) in [5.74, 6) is 2.14. The molecule has 1 unspecified atom stereocenters. The Kier molecular flexibility index (Phi) is 5.61.